The van der Waals surface area contributed by atoms with E-state index >= 15 is 0 Å². The number of hydrogen-bond acceptors (Lipinski definition) is 3. The summed E-state index contributed by atoms with van der Waals surface area (Å²) in [4.78, 5) is 0. The first-order valence-electron chi connectivity index (χ1n) is 3.72. The van der Waals surface area contributed by atoms with Gasteiger partial charge in [0.25, 0.3) is 0 Å². The molecule has 62 valence electrons. The van der Waals surface area contributed by atoms with E-state index in [2.05, 4.69) is 19.6 Å². The van der Waals surface area contributed by atoms with Crippen LogP contribution in [0.5, 0.6) is 0 Å². The summed E-state index contributed by atoms with van der Waals surface area (Å²) in [7, 11) is 0. The van der Waals surface area contributed by atoms with Crippen molar-refractivity contribution in [2.75, 3.05) is 0 Å². The molecule has 10 heavy (non-hydrogen) atoms. The highest BCUT2D eigenvalue weighted by molar-refractivity contribution is 7.81. The molecule has 0 aliphatic carbocycles. The minimum absolute atomic E-state index is 0.272. The fourth-order valence-electron chi connectivity index (χ4n) is 0.753. The maximum Gasteiger partial charge on any atom is 0.163 e. The van der Waals surface area contributed by atoms with E-state index in [0.29, 0.717) is 0 Å². The van der Waals surface area contributed by atoms with E-state index in [1.807, 2.05) is 0 Å². The number of aliphatic hydroxyl groups is 2. The van der Waals surface area contributed by atoms with E-state index in [-0.39, 0.29) is 5.25 Å². The second-order valence-corrected chi connectivity index (χ2v) is 3.14. The minimum Gasteiger partial charge on any atom is -0.367 e. The molecule has 0 aromatic heterocycles. The molecule has 0 fully saturated rings. The Hall–Kier alpha value is 0.270. The molecule has 0 aliphatic rings. The molecule has 0 heterocycles. The van der Waals surface area contributed by atoms with Crippen molar-refractivity contribution in [3.8, 4) is 0 Å². The molecule has 0 rings (SSSR count). The average Bonchev–Trinajstić information content (AvgIpc) is 1.88. The van der Waals surface area contributed by atoms with Crippen LogP contribution in [0, 0.1) is 0 Å². The Labute approximate surface area is 67.7 Å². The third kappa shape index (κ3) is 5.09. The highest BCUT2D eigenvalue weighted by atomic mass is 32.1. The summed E-state index contributed by atoms with van der Waals surface area (Å²) in [5, 5.41) is 16.9. The van der Waals surface area contributed by atoms with Crippen LogP contribution in [0.1, 0.15) is 32.6 Å². The van der Waals surface area contributed by atoms with Crippen LogP contribution in [0.2, 0.25) is 0 Å². The van der Waals surface area contributed by atoms with Gasteiger partial charge >= 0.3 is 0 Å². The van der Waals surface area contributed by atoms with Gasteiger partial charge in [-0.15, -0.1) is 0 Å². The van der Waals surface area contributed by atoms with Crippen LogP contribution in [0.15, 0.2) is 0 Å². The average molecular weight is 164 g/mol. The summed E-state index contributed by atoms with van der Waals surface area (Å²) in [6.45, 7) is 2.11. The molecule has 0 bridgehead atoms. The lowest BCUT2D eigenvalue weighted by molar-refractivity contribution is -0.0411. The SMILES string of the molecule is CCCCCC(S)C(O)O. The van der Waals surface area contributed by atoms with Crippen LogP contribution >= 0.6 is 12.6 Å². The number of unbranched alkanes of at least 4 members (excludes halogenated alkanes) is 2. The highest BCUT2D eigenvalue weighted by Crippen LogP contribution is 2.10. The molecule has 2 N–H and O–H groups in total. The third-order valence-corrected chi connectivity index (χ3v) is 1.97. The Balaban J connectivity index is 3.13. The van der Waals surface area contributed by atoms with Gasteiger partial charge < -0.3 is 10.2 Å². The Kier molecular flexibility index (Phi) is 6.17. The summed E-state index contributed by atoms with van der Waals surface area (Å²) in [5.41, 5.74) is 0. The summed E-state index contributed by atoms with van der Waals surface area (Å²) >= 11 is 4.00. The maximum absolute atomic E-state index is 8.60. The Morgan fingerprint density at radius 3 is 2.30 bits per heavy atom. The molecular formula is C7H16O2S. The van der Waals surface area contributed by atoms with E-state index < -0.39 is 6.29 Å². The zero-order valence-electron chi connectivity index (χ0n) is 6.32. The first-order valence-corrected chi connectivity index (χ1v) is 4.24. The van der Waals surface area contributed by atoms with Crippen LogP contribution < -0.4 is 0 Å². The first-order chi connectivity index (χ1) is 4.68. The second-order valence-electron chi connectivity index (χ2n) is 2.48. The van der Waals surface area contributed by atoms with E-state index in [1.165, 1.54) is 0 Å². The molecule has 0 saturated heterocycles. The Bertz CT molecular complexity index is 76.0. The van der Waals surface area contributed by atoms with E-state index in [9.17, 15) is 0 Å². The zero-order chi connectivity index (χ0) is 7.98. The monoisotopic (exact) mass is 164 g/mol. The van der Waals surface area contributed by atoms with Gasteiger partial charge in [0.15, 0.2) is 6.29 Å². The van der Waals surface area contributed by atoms with Gasteiger partial charge in [0.2, 0.25) is 0 Å². The molecule has 0 spiro atoms. The van der Waals surface area contributed by atoms with Crippen molar-refractivity contribution in [2.45, 2.75) is 44.1 Å². The van der Waals surface area contributed by atoms with Crippen molar-refractivity contribution in [3.05, 3.63) is 0 Å². The predicted molar refractivity (Wildman–Crippen MR) is 45.1 cm³/mol. The predicted octanol–water partition coefficient (Wildman–Crippen LogP) is 1.18. The van der Waals surface area contributed by atoms with Crippen molar-refractivity contribution >= 4 is 12.6 Å². The van der Waals surface area contributed by atoms with Crippen molar-refractivity contribution in [3.63, 3.8) is 0 Å². The second kappa shape index (κ2) is 6.01. The molecule has 0 amide bonds. The van der Waals surface area contributed by atoms with Gasteiger partial charge in [-0.05, 0) is 6.42 Å². The standard InChI is InChI=1S/C7H16O2S/c1-2-3-4-5-6(10)7(8)9/h6-10H,2-5H2,1H3. The fraction of sp³-hybridized carbons (Fsp3) is 1.00. The van der Waals surface area contributed by atoms with Gasteiger partial charge in [-0.1, -0.05) is 26.2 Å². The van der Waals surface area contributed by atoms with Gasteiger partial charge in [-0.2, -0.15) is 12.6 Å². The minimum atomic E-state index is -1.26. The van der Waals surface area contributed by atoms with Gasteiger partial charge in [-0.25, -0.2) is 0 Å². The van der Waals surface area contributed by atoms with Gasteiger partial charge in [-0.3, -0.25) is 0 Å². The lowest BCUT2D eigenvalue weighted by Gasteiger charge is -2.11. The number of thiol groups is 1. The van der Waals surface area contributed by atoms with E-state index in [4.69, 9.17) is 10.2 Å². The quantitative estimate of drug-likeness (QED) is 0.324. The van der Waals surface area contributed by atoms with Crippen LogP contribution in [0.3, 0.4) is 0 Å². The molecular weight excluding hydrogens is 148 g/mol. The summed E-state index contributed by atoms with van der Waals surface area (Å²) < 4.78 is 0. The van der Waals surface area contributed by atoms with Crippen LogP contribution in [0.25, 0.3) is 0 Å². The molecule has 1 unspecified atom stereocenters. The van der Waals surface area contributed by atoms with Crippen molar-refractivity contribution in [2.24, 2.45) is 0 Å². The smallest absolute Gasteiger partial charge is 0.163 e. The Morgan fingerprint density at radius 1 is 1.30 bits per heavy atom. The Morgan fingerprint density at radius 2 is 1.90 bits per heavy atom. The van der Waals surface area contributed by atoms with Crippen molar-refractivity contribution < 1.29 is 10.2 Å². The summed E-state index contributed by atoms with van der Waals surface area (Å²) in [6.07, 6.45) is 2.85. The zero-order valence-corrected chi connectivity index (χ0v) is 7.22. The highest BCUT2D eigenvalue weighted by Gasteiger charge is 2.09. The molecule has 2 nitrogen and oxygen atoms in total. The molecule has 0 aliphatic heterocycles. The summed E-state index contributed by atoms with van der Waals surface area (Å²) in [6, 6.07) is 0. The van der Waals surface area contributed by atoms with Crippen LogP contribution in [-0.4, -0.2) is 21.8 Å². The topological polar surface area (TPSA) is 40.5 Å². The first kappa shape index (κ1) is 10.3. The molecule has 1 atom stereocenters. The van der Waals surface area contributed by atoms with E-state index in [0.717, 1.165) is 25.7 Å². The van der Waals surface area contributed by atoms with Crippen molar-refractivity contribution in [1.29, 1.82) is 0 Å². The largest absolute Gasteiger partial charge is 0.367 e. The molecule has 0 saturated carbocycles. The molecule has 0 aromatic carbocycles. The van der Waals surface area contributed by atoms with Crippen LogP contribution in [-0.2, 0) is 0 Å². The molecule has 3 heteroatoms. The molecule has 0 radical (unpaired) electrons. The number of hydrogen-bond donors (Lipinski definition) is 3. The normalized spacial score (nSPS) is 14.1. The number of rotatable bonds is 5. The molecule has 0 aromatic rings. The maximum atomic E-state index is 8.60. The fourth-order valence-corrected chi connectivity index (χ4v) is 0.935. The van der Waals surface area contributed by atoms with Gasteiger partial charge in [0, 0.05) is 0 Å². The van der Waals surface area contributed by atoms with Crippen LogP contribution in [0.4, 0.5) is 0 Å². The lowest BCUT2D eigenvalue weighted by Crippen LogP contribution is -2.19. The lowest BCUT2D eigenvalue weighted by atomic mass is 10.1. The van der Waals surface area contributed by atoms with Crippen molar-refractivity contribution in [1.82, 2.24) is 0 Å². The van der Waals surface area contributed by atoms with Gasteiger partial charge in [0.05, 0.1) is 5.25 Å². The van der Waals surface area contributed by atoms with Gasteiger partial charge in [0.1, 0.15) is 0 Å². The number of aliphatic hydroxyl groups excluding tert-OH is 1. The van der Waals surface area contributed by atoms with E-state index in [1.54, 1.807) is 0 Å². The summed E-state index contributed by atoms with van der Waals surface area (Å²) in [5.74, 6) is 0. The third-order valence-electron chi connectivity index (χ3n) is 1.45.